The Morgan fingerprint density at radius 3 is 2.46 bits per heavy atom. The van der Waals surface area contributed by atoms with Crippen LogP contribution in [0.5, 0.6) is 0 Å². The van der Waals surface area contributed by atoms with Crippen LogP contribution in [-0.4, -0.2) is 54.7 Å². The van der Waals surface area contributed by atoms with Crippen molar-refractivity contribution < 1.29 is 32.1 Å². The van der Waals surface area contributed by atoms with Crippen LogP contribution >= 0.6 is 0 Å². The molecule has 24 heavy (non-hydrogen) atoms. The highest BCUT2D eigenvalue weighted by Crippen LogP contribution is 2.14. The third-order valence-corrected chi connectivity index (χ3v) is 3.74. The number of hydrogen-bond acceptors (Lipinski definition) is 7. The van der Waals surface area contributed by atoms with Gasteiger partial charge in [-0.2, -0.15) is 8.42 Å². The van der Waals surface area contributed by atoms with E-state index in [1.807, 2.05) is 0 Å². The first-order chi connectivity index (χ1) is 10.9. The molecule has 0 saturated heterocycles. The zero-order chi connectivity index (χ0) is 18.5. The second-order valence-electron chi connectivity index (χ2n) is 6.28. The van der Waals surface area contributed by atoms with Gasteiger partial charge in [-0.15, -0.1) is 8.68 Å². The van der Waals surface area contributed by atoms with E-state index in [9.17, 15) is 18.0 Å². The molecule has 0 bridgehead atoms. The van der Waals surface area contributed by atoms with Crippen molar-refractivity contribution in [1.29, 1.82) is 0 Å². The first-order valence-electron chi connectivity index (χ1n) is 7.40. The van der Waals surface area contributed by atoms with E-state index >= 15 is 0 Å². The number of hydroxylamine groups is 2. The Morgan fingerprint density at radius 1 is 1.38 bits per heavy atom. The molecular weight excluding hydrogens is 342 g/mol. The molecule has 2 N–H and O–H groups in total. The summed E-state index contributed by atoms with van der Waals surface area (Å²) < 4.78 is 35.2. The molecule has 1 amide bonds. The predicted octanol–water partition coefficient (Wildman–Crippen LogP) is 1.04. The number of carbonyl (C=O) groups excluding carboxylic acids is 1. The van der Waals surface area contributed by atoms with Gasteiger partial charge >= 0.3 is 22.4 Å². The molecular formula is C13H23N3O7S. The van der Waals surface area contributed by atoms with Crippen LogP contribution in [0.4, 0.5) is 4.79 Å². The smallest absolute Gasteiger partial charge is 0.408 e. The van der Waals surface area contributed by atoms with Gasteiger partial charge in [-0.25, -0.2) is 14.7 Å². The van der Waals surface area contributed by atoms with Crippen molar-refractivity contribution in [1.82, 2.24) is 10.4 Å². The number of carbonyl (C=O) groups is 2. The first kappa shape index (κ1) is 20.2. The van der Waals surface area contributed by atoms with E-state index in [2.05, 4.69) is 14.0 Å². The minimum absolute atomic E-state index is 0.172. The SMILES string of the molecule is CC1=NS(=O)(=O)ON1CCCCC(NC(=O)OC(C)(C)C)C(=O)O. The van der Waals surface area contributed by atoms with Gasteiger partial charge in [0.25, 0.3) is 0 Å². The van der Waals surface area contributed by atoms with E-state index in [1.165, 1.54) is 6.92 Å². The molecule has 0 saturated carbocycles. The van der Waals surface area contributed by atoms with Crippen LogP contribution in [0, 0.1) is 0 Å². The van der Waals surface area contributed by atoms with Crippen molar-refractivity contribution in [2.75, 3.05) is 6.54 Å². The summed E-state index contributed by atoms with van der Waals surface area (Å²) in [4.78, 5) is 22.8. The number of alkyl carbamates (subject to hydrolysis) is 1. The Balaban J connectivity index is 2.39. The molecule has 1 aliphatic rings. The maximum atomic E-state index is 11.6. The summed E-state index contributed by atoms with van der Waals surface area (Å²) in [7, 11) is -3.90. The molecule has 0 aliphatic carbocycles. The standard InChI is InChI=1S/C13H23N3O7S/c1-9-15-24(20,21)23-16(9)8-6-5-7-10(11(17)18)14-12(19)22-13(2,3)4/h10H,5-8H2,1-4H3,(H,14,19)(H,17,18). The second kappa shape index (κ2) is 7.79. The Morgan fingerprint density at radius 2 is 2.00 bits per heavy atom. The topological polar surface area (TPSA) is 135 Å². The number of aliphatic carboxylic acids is 1. The Hall–Kier alpha value is -1.88. The van der Waals surface area contributed by atoms with E-state index in [1.54, 1.807) is 20.8 Å². The highest BCUT2D eigenvalue weighted by atomic mass is 32.2. The van der Waals surface area contributed by atoms with Gasteiger partial charge in [-0.3, -0.25) is 0 Å². The third kappa shape index (κ3) is 7.13. The molecule has 138 valence electrons. The third-order valence-electron chi connectivity index (χ3n) is 2.88. The van der Waals surface area contributed by atoms with Crippen molar-refractivity contribution >= 4 is 28.2 Å². The van der Waals surface area contributed by atoms with E-state index in [0.717, 1.165) is 5.06 Å². The minimum atomic E-state index is -3.90. The van der Waals surface area contributed by atoms with Gasteiger partial charge in [-0.1, -0.05) is 0 Å². The van der Waals surface area contributed by atoms with E-state index in [0.29, 0.717) is 12.8 Å². The van der Waals surface area contributed by atoms with Crippen LogP contribution in [0.1, 0.15) is 47.0 Å². The number of nitrogens with zero attached hydrogens (tertiary/aromatic N) is 2. The highest BCUT2D eigenvalue weighted by Gasteiger charge is 2.27. The summed E-state index contributed by atoms with van der Waals surface area (Å²) in [6, 6.07) is -1.09. The fraction of sp³-hybridized carbons (Fsp3) is 0.769. The fourth-order valence-electron chi connectivity index (χ4n) is 1.90. The van der Waals surface area contributed by atoms with Crippen LogP contribution in [-0.2, 0) is 24.1 Å². The zero-order valence-electron chi connectivity index (χ0n) is 14.1. The van der Waals surface area contributed by atoms with Crippen molar-refractivity contribution in [3.05, 3.63) is 0 Å². The Kier molecular flexibility index (Phi) is 6.55. The number of amidine groups is 1. The van der Waals surface area contributed by atoms with Gasteiger partial charge in [0.2, 0.25) is 0 Å². The maximum Gasteiger partial charge on any atom is 0.408 e. The molecule has 1 atom stereocenters. The molecule has 0 radical (unpaired) electrons. The summed E-state index contributed by atoms with van der Waals surface area (Å²) >= 11 is 0. The zero-order valence-corrected chi connectivity index (χ0v) is 14.9. The van der Waals surface area contributed by atoms with Gasteiger partial charge in [0.05, 0.1) is 0 Å². The van der Waals surface area contributed by atoms with E-state index < -0.39 is 34.0 Å². The lowest BCUT2D eigenvalue weighted by atomic mass is 10.1. The summed E-state index contributed by atoms with van der Waals surface area (Å²) in [5.74, 6) is -0.949. The molecule has 1 heterocycles. The lowest BCUT2D eigenvalue weighted by Crippen LogP contribution is -2.43. The molecule has 11 heteroatoms. The number of nitrogens with one attached hydrogen (secondary N) is 1. The molecule has 0 spiro atoms. The van der Waals surface area contributed by atoms with E-state index in [-0.39, 0.29) is 18.8 Å². The molecule has 10 nitrogen and oxygen atoms in total. The van der Waals surface area contributed by atoms with Gasteiger partial charge < -0.3 is 15.2 Å². The molecule has 0 aromatic rings. The molecule has 1 rings (SSSR count). The van der Waals surface area contributed by atoms with Crippen LogP contribution in [0.3, 0.4) is 0 Å². The molecule has 0 aromatic heterocycles. The molecule has 1 aliphatic heterocycles. The van der Waals surface area contributed by atoms with Crippen LogP contribution < -0.4 is 5.32 Å². The van der Waals surface area contributed by atoms with Crippen molar-refractivity contribution in [2.45, 2.75) is 58.6 Å². The number of rotatable bonds is 7. The molecule has 1 unspecified atom stereocenters. The summed E-state index contributed by atoms with van der Waals surface area (Å²) in [6.45, 7) is 6.77. The minimum Gasteiger partial charge on any atom is -0.480 e. The average Bonchev–Trinajstić information content (AvgIpc) is 2.63. The quantitative estimate of drug-likeness (QED) is 0.639. The molecule has 0 fully saturated rings. The van der Waals surface area contributed by atoms with Crippen molar-refractivity contribution in [3.63, 3.8) is 0 Å². The van der Waals surface area contributed by atoms with Crippen molar-refractivity contribution in [2.24, 2.45) is 4.40 Å². The lowest BCUT2D eigenvalue weighted by molar-refractivity contribution is -0.139. The Labute approximate surface area is 141 Å². The van der Waals surface area contributed by atoms with Crippen molar-refractivity contribution in [3.8, 4) is 0 Å². The summed E-state index contributed by atoms with van der Waals surface area (Å²) in [5, 5.41) is 12.6. The normalized spacial score (nSPS) is 18.0. The average molecular weight is 365 g/mol. The summed E-state index contributed by atoms with van der Waals surface area (Å²) in [6.07, 6.45) is 0.264. The van der Waals surface area contributed by atoms with Crippen LogP contribution in [0.25, 0.3) is 0 Å². The number of amides is 1. The fourth-order valence-corrected chi connectivity index (χ4v) is 2.76. The lowest BCUT2D eigenvalue weighted by Gasteiger charge is -2.22. The first-order valence-corrected chi connectivity index (χ1v) is 8.77. The van der Waals surface area contributed by atoms with Gasteiger partial charge in [0, 0.05) is 6.54 Å². The monoisotopic (exact) mass is 365 g/mol. The maximum absolute atomic E-state index is 11.6. The predicted molar refractivity (Wildman–Crippen MR) is 84.5 cm³/mol. The number of carboxylic acid groups (broad SMARTS) is 1. The van der Waals surface area contributed by atoms with Gasteiger partial charge in [0.1, 0.15) is 17.5 Å². The summed E-state index contributed by atoms with van der Waals surface area (Å²) in [5.41, 5.74) is -0.720. The second-order valence-corrected chi connectivity index (χ2v) is 7.46. The van der Waals surface area contributed by atoms with Crippen LogP contribution in [0.2, 0.25) is 0 Å². The number of unbranched alkanes of at least 4 members (excludes halogenated alkanes) is 1. The van der Waals surface area contributed by atoms with Gasteiger partial charge in [-0.05, 0) is 47.0 Å². The number of ether oxygens (including phenoxy) is 1. The Bertz CT molecular complexity index is 610. The largest absolute Gasteiger partial charge is 0.480 e. The highest BCUT2D eigenvalue weighted by molar-refractivity contribution is 7.85. The number of carboxylic acids is 1. The van der Waals surface area contributed by atoms with E-state index in [4.69, 9.17) is 9.84 Å². The van der Waals surface area contributed by atoms with Crippen LogP contribution in [0.15, 0.2) is 4.40 Å². The molecule has 0 aromatic carbocycles. The van der Waals surface area contributed by atoms with Gasteiger partial charge in [0.15, 0.2) is 0 Å². The number of hydrogen-bond donors (Lipinski definition) is 2.